The van der Waals surface area contributed by atoms with Crippen molar-refractivity contribution in [3.63, 3.8) is 0 Å². The zero-order valence-corrected chi connectivity index (χ0v) is 11.4. The average molecular weight is 281 g/mol. The summed E-state index contributed by atoms with van der Waals surface area (Å²) in [6.07, 6.45) is -1.99. The van der Waals surface area contributed by atoms with Gasteiger partial charge in [-0.05, 0) is 39.8 Å². The molecule has 1 rings (SSSR count). The maximum Gasteiger partial charge on any atom is 0.405 e. The lowest BCUT2D eigenvalue weighted by Crippen LogP contribution is -2.48. The largest absolute Gasteiger partial charge is 0.405 e. The van der Waals surface area contributed by atoms with Gasteiger partial charge in [-0.2, -0.15) is 13.2 Å². The van der Waals surface area contributed by atoms with E-state index in [4.69, 9.17) is 0 Å². The molecule has 0 aromatic rings. The molecule has 1 aliphatic heterocycles. The number of nitrogens with one attached hydrogen (secondary N) is 2. The molecule has 2 N–H and O–H groups in total. The molecule has 19 heavy (non-hydrogen) atoms. The second-order valence-electron chi connectivity index (χ2n) is 5.06. The molecule has 1 heterocycles. The molecule has 1 amide bonds. The highest BCUT2D eigenvalue weighted by Gasteiger charge is 2.28. The Morgan fingerprint density at radius 2 is 1.84 bits per heavy atom. The summed E-state index contributed by atoms with van der Waals surface area (Å²) in [7, 11) is 0. The third kappa shape index (κ3) is 6.24. The Morgan fingerprint density at radius 1 is 1.26 bits per heavy atom. The van der Waals surface area contributed by atoms with Gasteiger partial charge in [0.25, 0.3) is 0 Å². The minimum Gasteiger partial charge on any atom is -0.346 e. The van der Waals surface area contributed by atoms with Gasteiger partial charge in [0, 0.05) is 12.6 Å². The minimum atomic E-state index is -4.36. The number of amides is 1. The van der Waals surface area contributed by atoms with Crippen LogP contribution < -0.4 is 10.6 Å². The van der Waals surface area contributed by atoms with Crippen molar-refractivity contribution in [2.45, 2.75) is 44.9 Å². The fraction of sp³-hybridized carbons (Fsp3) is 0.917. The SMILES string of the molecule is CC(NCC(C)N1CCCC1)C(=O)NCC(F)(F)F. The minimum absolute atomic E-state index is 0.292. The lowest BCUT2D eigenvalue weighted by atomic mass is 10.2. The Morgan fingerprint density at radius 3 is 2.37 bits per heavy atom. The van der Waals surface area contributed by atoms with Gasteiger partial charge in [0.05, 0.1) is 6.04 Å². The fourth-order valence-electron chi connectivity index (χ4n) is 2.09. The summed E-state index contributed by atoms with van der Waals surface area (Å²) in [5, 5.41) is 4.85. The van der Waals surface area contributed by atoms with Crippen molar-refractivity contribution in [3.05, 3.63) is 0 Å². The smallest absolute Gasteiger partial charge is 0.346 e. The molecule has 0 spiro atoms. The van der Waals surface area contributed by atoms with Gasteiger partial charge in [-0.1, -0.05) is 0 Å². The topological polar surface area (TPSA) is 44.4 Å². The number of hydrogen-bond acceptors (Lipinski definition) is 3. The maximum absolute atomic E-state index is 12.0. The summed E-state index contributed by atoms with van der Waals surface area (Å²) in [6.45, 7) is 5.05. The van der Waals surface area contributed by atoms with E-state index in [1.54, 1.807) is 6.92 Å². The number of carbonyl (C=O) groups is 1. The van der Waals surface area contributed by atoms with Crippen molar-refractivity contribution in [2.75, 3.05) is 26.2 Å². The lowest BCUT2D eigenvalue weighted by Gasteiger charge is -2.25. The second kappa shape index (κ2) is 7.09. The molecule has 112 valence electrons. The summed E-state index contributed by atoms with van der Waals surface area (Å²) in [5.41, 5.74) is 0. The first kappa shape index (κ1) is 16.2. The first-order valence-electron chi connectivity index (χ1n) is 6.61. The number of rotatable bonds is 6. The van der Waals surface area contributed by atoms with E-state index in [9.17, 15) is 18.0 Å². The van der Waals surface area contributed by atoms with Crippen LogP contribution in [-0.2, 0) is 4.79 Å². The van der Waals surface area contributed by atoms with Crippen LogP contribution >= 0.6 is 0 Å². The highest BCUT2D eigenvalue weighted by Crippen LogP contribution is 2.12. The normalized spacial score (nSPS) is 20.3. The van der Waals surface area contributed by atoms with Crippen molar-refractivity contribution >= 4 is 5.91 Å². The first-order chi connectivity index (χ1) is 8.79. The van der Waals surface area contributed by atoms with Gasteiger partial charge >= 0.3 is 6.18 Å². The fourth-order valence-corrected chi connectivity index (χ4v) is 2.09. The molecular formula is C12H22F3N3O. The van der Waals surface area contributed by atoms with Gasteiger partial charge in [-0.3, -0.25) is 9.69 Å². The van der Waals surface area contributed by atoms with Crippen LogP contribution in [0.3, 0.4) is 0 Å². The van der Waals surface area contributed by atoms with Gasteiger partial charge in [-0.15, -0.1) is 0 Å². The van der Waals surface area contributed by atoms with Crippen LogP contribution in [0.2, 0.25) is 0 Å². The number of carbonyl (C=O) groups excluding carboxylic acids is 1. The van der Waals surface area contributed by atoms with Crippen molar-refractivity contribution in [2.24, 2.45) is 0 Å². The van der Waals surface area contributed by atoms with Gasteiger partial charge < -0.3 is 10.6 Å². The van der Waals surface area contributed by atoms with Crippen LogP contribution in [0.4, 0.5) is 13.2 Å². The number of likely N-dealkylation sites (tertiary alicyclic amines) is 1. The van der Waals surface area contributed by atoms with Crippen LogP contribution in [0.25, 0.3) is 0 Å². The van der Waals surface area contributed by atoms with E-state index in [2.05, 4.69) is 17.1 Å². The average Bonchev–Trinajstić information content (AvgIpc) is 2.85. The van der Waals surface area contributed by atoms with Crippen LogP contribution in [0.5, 0.6) is 0 Å². The number of hydrogen-bond donors (Lipinski definition) is 2. The quantitative estimate of drug-likeness (QED) is 0.767. The van der Waals surface area contributed by atoms with Crippen molar-refractivity contribution < 1.29 is 18.0 Å². The van der Waals surface area contributed by atoms with E-state index in [-0.39, 0.29) is 0 Å². The maximum atomic E-state index is 12.0. The van der Waals surface area contributed by atoms with Gasteiger partial charge in [0.2, 0.25) is 5.91 Å². The molecule has 1 aliphatic rings. The van der Waals surface area contributed by atoms with E-state index in [0.29, 0.717) is 12.6 Å². The van der Waals surface area contributed by atoms with Crippen molar-refractivity contribution in [3.8, 4) is 0 Å². The van der Waals surface area contributed by atoms with E-state index in [1.807, 2.05) is 5.32 Å². The molecule has 1 saturated heterocycles. The predicted molar refractivity (Wildman–Crippen MR) is 66.8 cm³/mol. The summed E-state index contributed by atoms with van der Waals surface area (Å²) in [6, 6.07) is -0.326. The zero-order valence-electron chi connectivity index (χ0n) is 11.4. The molecule has 0 aliphatic carbocycles. The Bertz CT molecular complexity index is 290. The van der Waals surface area contributed by atoms with E-state index >= 15 is 0 Å². The van der Waals surface area contributed by atoms with E-state index < -0.39 is 24.7 Å². The third-order valence-corrected chi connectivity index (χ3v) is 3.34. The Balaban J connectivity index is 2.22. The predicted octanol–water partition coefficient (Wildman–Crippen LogP) is 1.13. The van der Waals surface area contributed by atoms with Crippen LogP contribution in [0, 0.1) is 0 Å². The molecule has 2 unspecified atom stereocenters. The van der Waals surface area contributed by atoms with Crippen LogP contribution in [0.1, 0.15) is 26.7 Å². The number of alkyl halides is 3. The van der Waals surface area contributed by atoms with E-state index in [1.165, 1.54) is 12.8 Å². The molecule has 7 heteroatoms. The van der Waals surface area contributed by atoms with Gasteiger partial charge in [-0.25, -0.2) is 0 Å². The van der Waals surface area contributed by atoms with Crippen molar-refractivity contribution in [1.29, 1.82) is 0 Å². The molecule has 0 aromatic heterocycles. The van der Waals surface area contributed by atoms with Gasteiger partial charge in [0.15, 0.2) is 0 Å². The highest BCUT2D eigenvalue weighted by atomic mass is 19.4. The molecular weight excluding hydrogens is 259 g/mol. The highest BCUT2D eigenvalue weighted by molar-refractivity contribution is 5.81. The number of nitrogens with zero attached hydrogens (tertiary/aromatic N) is 1. The molecule has 0 bridgehead atoms. The molecule has 2 atom stereocenters. The third-order valence-electron chi connectivity index (χ3n) is 3.34. The standard InChI is InChI=1S/C12H22F3N3O/c1-9(18-5-3-4-6-18)7-16-10(2)11(19)17-8-12(13,14)15/h9-10,16H,3-8H2,1-2H3,(H,17,19). The Kier molecular flexibility index (Phi) is 6.06. The monoisotopic (exact) mass is 281 g/mol. The molecule has 4 nitrogen and oxygen atoms in total. The summed E-state index contributed by atoms with van der Waals surface area (Å²) < 4.78 is 35.9. The van der Waals surface area contributed by atoms with Gasteiger partial charge in [0.1, 0.15) is 6.54 Å². The summed E-state index contributed by atoms with van der Waals surface area (Å²) in [5.74, 6) is -0.619. The second-order valence-corrected chi connectivity index (χ2v) is 5.06. The zero-order chi connectivity index (χ0) is 14.5. The molecule has 0 saturated carbocycles. The van der Waals surface area contributed by atoms with Crippen LogP contribution in [0.15, 0.2) is 0 Å². The van der Waals surface area contributed by atoms with Crippen molar-refractivity contribution in [1.82, 2.24) is 15.5 Å². The first-order valence-corrected chi connectivity index (χ1v) is 6.61. The summed E-state index contributed by atoms with van der Waals surface area (Å²) in [4.78, 5) is 13.7. The van der Waals surface area contributed by atoms with E-state index in [0.717, 1.165) is 13.1 Å². The number of halogens is 3. The van der Waals surface area contributed by atoms with Crippen LogP contribution in [-0.4, -0.2) is 55.2 Å². The lowest BCUT2D eigenvalue weighted by molar-refractivity contribution is -0.139. The molecule has 0 aromatic carbocycles. The Labute approximate surface area is 111 Å². The molecule has 1 fully saturated rings. The Hall–Kier alpha value is -0.820. The summed E-state index contributed by atoms with van der Waals surface area (Å²) >= 11 is 0. The molecule has 0 radical (unpaired) electrons.